The number of hydrogen-bond donors (Lipinski definition) is 0. The van der Waals surface area contributed by atoms with Crippen LogP contribution in [0.5, 0.6) is 0 Å². The molecule has 0 saturated heterocycles. The van der Waals surface area contributed by atoms with Gasteiger partial charge in [0.25, 0.3) is 0 Å². The molecular weight excluding hydrogens is 366 g/mol. The number of carbonyl (C=O) groups excluding carboxylic acids is 2. The van der Waals surface area contributed by atoms with Gasteiger partial charge in [-0.05, 0) is 59.3 Å². The largest absolute Gasteiger partial charge is 0.459 e. The van der Waals surface area contributed by atoms with E-state index in [-0.39, 0.29) is 5.95 Å². The number of esters is 2. The Bertz CT molecular complexity index is 657. The molecule has 9 heteroatoms. The molecule has 0 unspecified atom stereocenters. The van der Waals surface area contributed by atoms with Crippen molar-refractivity contribution in [2.45, 2.75) is 85.0 Å². The third-order valence-electron chi connectivity index (χ3n) is 3.63. The summed E-state index contributed by atoms with van der Waals surface area (Å²) in [6.07, 6.45) is 5.19. The number of aromatic nitrogens is 2. The predicted octanol–water partition coefficient (Wildman–Crippen LogP) is 3.65. The quantitative estimate of drug-likeness (QED) is 0.205. The monoisotopic (exact) mass is 397 g/mol. The van der Waals surface area contributed by atoms with Gasteiger partial charge in [0.1, 0.15) is 23.6 Å². The Balaban J connectivity index is 2.60. The summed E-state index contributed by atoms with van der Waals surface area (Å²) in [5, 5.41) is 10.9. The fourth-order valence-electron chi connectivity index (χ4n) is 2.53. The van der Waals surface area contributed by atoms with E-state index in [9.17, 15) is 19.7 Å². The molecule has 0 aliphatic heterocycles. The topological polar surface area (TPSA) is 114 Å². The summed E-state index contributed by atoms with van der Waals surface area (Å²) in [4.78, 5) is 38.9. The molecule has 0 N–H and O–H groups in total. The van der Waals surface area contributed by atoms with Crippen LogP contribution in [-0.2, 0) is 25.6 Å². The average Bonchev–Trinajstić information content (AvgIpc) is 2.95. The Kier molecular flexibility index (Phi) is 8.14. The number of nitro groups is 1. The van der Waals surface area contributed by atoms with E-state index in [0.717, 1.165) is 0 Å². The summed E-state index contributed by atoms with van der Waals surface area (Å²) in [6.45, 7) is 10.9. The molecule has 9 nitrogen and oxygen atoms in total. The van der Waals surface area contributed by atoms with Crippen molar-refractivity contribution in [2.75, 3.05) is 0 Å². The lowest BCUT2D eigenvalue weighted by Crippen LogP contribution is -2.36. The highest BCUT2D eigenvalue weighted by Gasteiger charge is 2.34. The van der Waals surface area contributed by atoms with Crippen LogP contribution < -0.4 is 0 Å². The molecule has 0 radical (unpaired) electrons. The van der Waals surface area contributed by atoms with Crippen molar-refractivity contribution >= 4 is 17.9 Å². The molecule has 1 aromatic rings. The van der Waals surface area contributed by atoms with Gasteiger partial charge in [-0.2, -0.15) is 0 Å². The van der Waals surface area contributed by atoms with E-state index >= 15 is 0 Å². The molecule has 0 aliphatic carbocycles. The number of imidazole rings is 1. The lowest BCUT2D eigenvalue weighted by Gasteiger charge is -2.26. The normalized spacial score (nSPS) is 12.1. The highest BCUT2D eigenvalue weighted by molar-refractivity contribution is 5.95. The van der Waals surface area contributed by atoms with Crippen LogP contribution in [0.25, 0.3) is 0 Å². The summed E-state index contributed by atoms with van der Waals surface area (Å²) >= 11 is 0. The molecular formula is C19H31N3O6. The molecule has 0 bridgehead atoms. The molecule has 1 aromatic heterocycles. The van der Waals surface area contributed by atoms with Crippen LogP contribution in [0.15, 0.2) is 12.4 Å². The fourth-order valence-corrected chi connectivity index (χ4v) is 2.53. The van der Waals surface area contributed by atoms with Gasteiger partial charge >= 0.3 is 17.9 Å². The second-order valence-electron chi connectivity index (χ2n) is 8.65. The first-order chi connectivity index (χ1) is 12.8. The van der Waals surface area contributed by atoms with Gasteiger partial charge in [0.15, 0.2) is 5.92 Å². The van der Waals surface area contributed by atoms with Crippen LogP contribution in [0.1, 0.15) is 67.2 Å². The molecule has 158 valence electrons. The van der Waals surface area contributed by atoms with E-state index in [0.29, 0.717) is 32.2 Å². The lowest BCUT2D eigenvalue weighted by molar-refractivity contribution is -0.396. The number of nitrogens with zero attached hydrogens (tertiary/aromatic N) is 3. The van der Waals surface area contributed by atoms with Crippen LogP contribution in [0.4, 0.5) is 5.95 Å². The minimum Gasteiger partial charge on any atom is -0.459 e. The molecule has 0 aliphatic rings. The maximum Gasteiger partial charge on any atom is 0.434 e. The molecule has 0 spiro atoms. The van der Waals surface area contributed by atoms with Crippen LogP contribution in [0.2, 0.25) is 0 Å². The number of unbranched alkanes of at least 4 members (excludes halogenated alkanes) is 2. The van der Waals surface area contributed by atoms with Gasteiger partial charge in [0.05, 0.1) is 6.54 Å². The molecule has 0 atom stereocenters. The molecule has 1 heterocycles. The molecule has 0 fully saturated rings. The Morgan fingerprint density at radius 1 is 1.07 bits per heavy atom. The Morgan fingerprint density at radius 2 is 1.61 bits per heavy atom. The van der Waals surface area contributed by atoms with Gasteiger partial charge in [-0.1, -0.05) is 17.8 Å². The van der Waals surface area contributed by atoms with E-state index < -0.39 is 34.0 Å². The highest BCUT2D eigenvalue weighted by atomic mass is 16.6. The zero-order chi connectivity index (χ0) is 21.5. The third-order valence-corrected chi connectivity index (χ3v) is 3.63. The number of rotatable bonds is 9. The first kappa shape index (κ1) is 23.6. The Labute approximate surface area is 165 Å². The van der Waals surface area contributed by atoms with Crippen molar-refractivity contribution in [2.24, 2.45) is 5.92 Å². The third kappa shape index (κ3) is 8.49. The minimum atomic E-state index is -0.985. The second-order valence-corrected chi connectivity index (χ2v) is 8.65. The van der Waals surface area contributed by atoms with Crippen molar-refractivity contribution in [1.82, 2.24) is 9.55 Å². The number of carbonyl (C=O) groups is 2. The molecule has 0 aromatic carbocycles. The van der Waals surface area contributed by atoms with Gasteiger partial charge in [0, 0.05) is 0 Å². The summed E-state index contributed by atoms with van der Waals surface area (Å²) in [5.74, 6) is -2.36. The maximum atomic E-state index is 12.4. The van der Waals surface area contributed by atoms with Crippen LogP contribution in [-0.4, -0.2) is 37.6 Å². The van der Waals surface area contributed by atoms with Crippen LogP contribution in [0, 0.1) is 16.0 Å². The fraction of sp³-hybridized carbons (Fsp3) is 0.737. The van der Waals surface area contributed by atoms with Crippen LogP contribution >= 0.6 is 0 Å². The molecule has 0 amide bonds. The van der Waals surface area contributed by atoms with Gasteiger partial charge < -0.3 is 19.6 Å². The van der Waals surface area contributed by atoms with E-state index in [2.05, 4.69) is 4.98 Å². The van der Waals surface area contributed by atoms with Crippen molar-refractivity contribution in [3.05, 3.63) is 22.5 Å². The first-order valence-corrected chi connectivity index (χ1v) is 9.41. The Hall–Kier alpha value is -2.45. The minimum absolute atomic E-state index is 0.194. The van der Waals surface area contributed by atoms with Gasteiger partial charge in [-0.15, -0.1) is 0 Å². The molecule has 1 rings (SSSR count). The lowest BCUT2D eigenvalue weighted by atomic mass is 10.00. The zero-order valence-electron chi connectivity index (χ0n) is 17.6. The van der Waals surface area contributed by atoms with Gasteiger partial charge in [-0.3, -0.25) is 9.59 Å². The smallest absolute Gasteiger partial charge is 0.434 e. The standard InChI is InChI=1S/C19H31N3O6/c1-18(2,3)27-15(23)14(16(24)28-19(4,5)6)10-8-7-9-12-21-13-11-20-17(21)22(25)26/h11,13-14H,7-10,12H2,1-6H3. The molecule has 28 heavy (non-hydrogen) atoms. The first-order valence-electron chi connectivity index (χ1n) is 9.41. The number of hydrogen-bond acceptors (Lipinski definition) is 7. The second kappa shape index (κ2) is 9.66. The van der Waals surface area contributed by atoms with E-state index in [1.807, 2.05) is 0 Å². The van der Waals surface area contributed by atoms with Crippen molar-refractivity contribution in [1.29, 1.82) is 0 Å². The Morgan fingerprint density at radius 3 is 2.07 bits per heavy atom. The summed E-state index contributed by atoms with van der Waals surface area (Å²) in [6, 6.07) is 0. The van der Waals surface area contributed by atoms with Crippen LogP contribution in [0.3, 0.4) is 0 Å². The van der Waals surface area contributed by atoms with Crippen molar-refractivity contribution in [3.63, 3.8) is 0 Å². The summed E-state index contributed by atoms with van der Waals surface area (Å²) in [5.41, 5.74) is -1.39. The van der Waals surface area contributed by atoms with Crippen molar-refractivity contribution in [3.8, 4) is 0 Å². The zero-order valence-corrected chi connectivity index (χ0v) is 17.6. The molecule has 0 saturated carbocycles. The van der Waals surface area contributed by atoms with E-state index in [4.69, 9.17) is 9.47 Å². The highest BCUT2D eigenvalue weighted by Crippen LogP contribution is 2.21. The number of aryl methyl sites for hydroxylation is 1. The van der Waals surface area contributed by atoms with E-state index in [1.54, 1.807) is 47.7 Å². The SMILES string of the molecule is CC(C)(C)OC(=O)C(CCCCCn1ccnc1[N+](=O)[O-])C(=O)OC(C)(C)C. The van der Waals surface area contributed by atoms with Gasteiger partial charge in [0.2, 0.25) is 0 Å². The van der Waals surface area contributed by atoms with Crippen molar-refractivity contribution < 1.29 is 24.0 Å². The van der Waals surface area contributed by atoms with Gasteiger partial charge in [-0.25, -0.2) is 4.57 Å². The summed E-state index contributed by atoms with van der Waals surface area (Å²) < 4.78 is 12.2. The van der Waals surface area contributed by atoms with E-state index in [1.165, 1.54) is 10.8 Å². The average molecular weight is 397 g/mol. The summed E-state index contributed by atoms with van der Waals surface area (Å²) in [7, 11) is 0. The predicted molar refractivity (Wildman–Crippen MR) is 103 cm³/mol. The maximum absolute atomic E-state index is 12.4. The number of ether oxygens (including phenoxy) is 2.